The van der Waals surface area contributed by atoms with Crippen LogP contribution in [0.3, 0.4) is 0 Å². The van der Waals surface area contributed by atoms with Crippen molar-refractivity contribution in [1.29, 1.82) is 0 Å². The Morgan fingerprint density at radius 1 is 1.26 bits per heavy atom. The molecular weight excluding hydrogens is 342 g/mol. The number of hydrogen-bond donors (Lipinski definition) is 2. The van der Waals surface area contributed by atoms with Gasteiger partial charge in [0.15, 0.2) is 0 Å². The van der Waals surface area contributed by atoms with Crippen LogP contribution in [0.5, 0.6) is 5.75 Å². The van der Waals surface area contributed by atoms with E-state index in [0.717, 1.165) is 30.1 Å². The fourth-order valence-corrected chi connectivity index (χ4v) is 3.28. The van der Waals surface area contributed by atoms with Crippen molar-refractivity contribution in [3.8, 4) is 5.75 Å². The van der Waals surface area contributed by atoms with Gasteiger partial charge >= 0.3 is 0 Å². The third-order valence-corrected chi connectivity index (χ3v) is 5.03. The summed E-state index contributed by atoms with van der Waals surface area (Å²) < 4.78 is 11.4. The predicted octanol–water partition coefficient (Wildman–Crippen LogP) is 2.61. The van der Waals surface area contributed by atoms with E-state index in [4.69, 9.17) is 9.47 Å². The van der Waals surface area contributed by atoms with Gasteiger partial charge in [-0.25, -0.2) is 0 Å². The molecule has 0 radical (unpaired) electrons. The van der Waals surface area contributed by atoms with Gasteiger partial charge < -0.3 is 20.1 Å². The molecular formula is C21H27N3O3. The molecule has 1 unspecified atom stereocenters. The first-order valence-electron chi connectivity index (χ1n) is 9.32. The summed E-state index contributed by atoms with van der Waals surface area (Å²) in [5.41, 5.74) is 1.12. The van der Waals surface area contributed by atoms with Gasteiger partial charge in [0.05, 0.1) is 11.7 Å². The molecule has 27 heavy (non-hydrogen) atoms. The molecule has 2 aromatic rings. The van der Waals surface area contributed by atoms with Gasteiger partial charge in [0, 0.05) is 13.3 Å². The Morgan fingerprint density at radius 2 is 2.07 bits per heavy atom. The summed E-state index contributed by atoms with van der Waals surface area (Å²) in [6.45, 7) is 3.95. The van der Waals surface area contributed by atoms with Gasteiger partial charge in [-0.2, -0.15) is 0 Å². The zero-order chi connectivity index (χ0) is 19.1. The highest BCUT2D eigenvalue weighted by atomic mass is 16.5. The number of amides is 1. The summed E-state index contributed by atoms with van der Waals surface area (Å²) >= 11 is 0. The first-order valence-corrected chi connectivity index (χ1v) is 9.32. The molecule has 6 nitrogen and oxygen atoms in total. The average molecular weight is 369 g/mol. The fourth-order valence-electron chi connectivity index (χ4n) is 3.28. The van der Waals surface area contributed by atoms with Gasteiger partial charge in [-0.1, -0.05) is 18.2 Å². The molecule has 1 aromatic heterocycles. The Kier molecular flexibility index (Phi) is 6.42. The lowest BCUT2D eigenvalue weighted by molar-refractivity contribution is -0.147. The van der Waals surface area contributed by atoms with E-state index in [1.807, 2.05) is 49.4 Å². The molecule has 144 valence electrons. The smallest absolute Gasteiger partial charge is 0.252 e. The zero-order valence-corrected chi connectivity index (χ0v) is 15.9. The van der Waals surface area contributed by atoms with Crippen molar-refractivity contribution in [2.75, 3.05) is 20.2 Å². The minimum Gasteiger partial charge on any atom is -0.487 e. The number of carbonyl (C=O) groups excluding carboxylic acids is 1. The zero-order valence-electron chi connectivity index (χ0n) is 15.9. The Labute approximate surface area is 160 Å². The van der Waals surface area contributed by atoms with Gasteiger partial charge in [0.1, 0.15) is 18.0 Å². The lowest BCUT2D eigenvalue weighted by Crippen LogP contribution is -2.54. The van der Waals surface area contributed by atoms with Gasteiger partial charge in [0.25, 0.3) is 5.91 Å². The molecule has 0 bridgehead atoms. The molecule has 0 spiro atoms. The Bertz CT molecular complexity index is 745. The van der Waals surface area contributed by atoms with Crippen LogP contribution in [-0.2, 0) is 16.1 Å². The summed E-state index contributed by atoms with van der Waals surface area (Å²) in [6.07, 6.45) is 3.10. The van der Waals surface area contributed by atoms with Gasteiger partial charge in [-0.3, -0.25) is 9.78 Å². The first kappa shape index (κ1) is 19.3. The average Bonchev–Trinajstić information content (AvgIpc) is 2.73. The maximum atomic E-state index is 12.8. The van der Waals surface area contributed by atoms with Crippen LogP contribution in [0, 0.1) is 0 Å². The van der Waals surface area contributed by atoms with Crippen molar-refractivity contribution in [2.45, 2.75) is 38.0 Å². The maximum absolute atomic E-state index is 12.8. The second kappa shape index (κ2) is 8.97. The molecule has 1 aliphatic rings. The first-order chi connectivity index (χ1) is 13.1. The molecule has 1 atom stereocenters. The molecule has 1 saturated heterocycles. The number of ether oxygens (including phenoxy) is 2. The molecule has 2 heterocycles. The quantitative estimate of drug-likeness (QED) is 0.785. The third kappa shape index (κ3) is 4.84. The van der Waals surface area contributed by atoms with Crippen LogP contribution in [0.1, 0.15) is 37.1 Å². The Morgan fingerprint density at radius 3 is 2.78 bits per heavy atom. The number of piperidine rings is 1. The van der Waals surface area contributed by atoms with Crippen molar-refractivity contribution in [3.05, 3.63) is 59.9 Å². The Hall–Kier alpha value is -2.44. The highest BCUT2D eigenvalue weighted by Gasteiger charge is 2.40. The number of methoxy groups -OCH3 is 1. The fraction of sp³-hybridized carbons (Fsp3) is 0.429. The lowest BCUT2D eigenvalue weighted by Gasteiger charge is -2.35. The highest BCUT2D eigenvalue weighted by Crippen LogP contribution is 2.25. The van der Waals surface area contributed by atoms with Gasteiger partial charge in [0.2, 0.25) is 0 Å². The summed E-state index contributed by atoms with van der Waals surface area (Å²) in [5.74, 6) is 0.696. The van der Waals surface area contributed by atoms with E-state index in [-0.39, 0.29) is 11.9 Å². The van der Waals surface area contributed by atoms with Crippen LogP contribution in [0.25, 0.3) is 0 Å². The molecule has 2 N–H and O–H groups in total. The maximum Gasteiger partial charge on any atom is 0.252 e. The molecule has 1 amide bonds. The minimum atomic E-state index is -0.743. The standard InChI is InChI=1S/C21H27N3O3/c1-16(24-20(25)21(26-2)9-12-22-13-10-21)17-6-5-8-19(14-17)27-15-18-7-3-4-11-23-18/h3-8,11,14,16,22H,9-10,12-13,15H2,1-2H3,(H,24,25). The van der Waals surface area contributed by atoms with Crippen molar-refractivity contribution in [2.24, 2.45) is 0 Å². The largest absolute Gasteiger partial charge is 0.487 e. The molecule has 1 aliphatic heterocycles. The molecule has 0 saturated carbocycles. The molecule has 0 aliphatic carbocycles. The van der Waals surface area contributed by atoms with E-state index in [9.17, 15) is 4.79 Å². The third-order valence-electron chi connectivity index (χ3n) is 5.03. The summed E-state index contributed by atoms with van der Waals surface area (Å²) in [7, 11) is 1.61. The topological polar surface area (TPSA) is 72.5 Å². The van der Waals surface area contributed by atoms with E-state index in [2.05, 4.69) is 15.6 Å². The monoisotopic (exact) mass is 369 g/mol. The van der Waals surface area contributed by atoms with E-state index < -0.39 is 5.60 Å². The van der Waals surface area contributed by atoms with Crippen LogP contribution in [0.4, 0.5) is 0 Å². The number of hydrogen-bond acceptors (Lipinski definition) is 5. The van der Waals surface area contributed by atoms with Crippen LogP contribution in [0.2, 0.25) is 0 Å². The number of nitrogens with one attached hydrogen (secondary N) is 2. The van der Waals surface area contributed by atoms with Crippen molar-refractivity contribution in [3.63, 3.8) is 0 Å². The summed E-state index contributed by atoms with van der Waals surface area (Å²) in [4.78, 5) is 17.1. The molecule has 3 rings (SSSR count). The van der Waals surface area contributed by atoms with Gasteiger partial charge in [-0.15, -0.1) is 0 Å². The predicted molar refractivity (Wildman–Crippen MR) is 103 cm³/mol. The second-order valence-electron chi connectivity index (χ2n) is 6.83. The normalized spacial score (nSPS) is 17.1. The number of nitrogens with zero attached hydrogens (tertiary/aromatic N) is 1. The number of carbonyl (C=O) groups is 1. The summed E-state index contributed by atoms with van der Waals surface area (Å²) in [5, 5.41) is 6.37. The number of aromatic nitrogens is 1. The molecule has 1 fully saturated rings. The van der Waals surface area contributed by atoms with Crippen LogP contribution >= 0.6 is 0 Å². The number of rotatable bonds is 7. The molecule has 1 aromatic carbocycles. The van der Waals surface area contributed by atoms with E-state index in [1.54, 1.807) is 13.3 Å². The van der Waals surface area contributed by atoms with Crippen molar-refractivity contribution in [1.82, 2.24) is 15.6 Å². The second-order valence-corrected chi connectivity index (χ2v) is 6.83. The van der Waals surface area contributed by atoms with E-state index in [1.165, 1.54) is 0 Å². The highest BCUT2D eigenvalue weighted by molar-refractivity contribution is 5.85. The number of benzene rings is 1. The summed E-state index contributed by atoms with van der Waals surface area (Å²) in [6, 6.07) is 13.4. The van der Waals surface area contributed by atoms with Crippen molar-refractivity contribution < 1.29 is 14.3 Å². The van der Waals surface area contributed by atoms with Gasteiger partial charge in [-0.05, 0) is 62.7 Å². The van der Waals surface area contributed by atoms with E-state index >= 15 is 0 Å². The lowest BCUT2D eigenvalue weighted by atomic mass is 9.90. The van der Waals surface area contributed by atoms with Crippen LogP contribution in [0.15, 0.2) is 48.7 Å². The number of pyridine rings is 1. The van der Waals surface area contributed by atoms with E-state index in [0.29, 0.717) is 19.4 Å². The Balaban J connectivity index is 1.62. The van der Waals surface area contributed by atoms with Crippen LogP contribution < -0.4 is 15.4 Å². The minimum absolute atomic E-state index is 0.0567. The molecule has 6 heteroatoms. The van der Waals surface area contributed by atoms with Crippen molar-refractivity contribution >= 4 is 5.91 Å². The SMILES string of the molecule is COC1(C(=O)NC(C)c2cccc(OCc3ccccn3)c2)CCNCC1. The van der Waals surface area contributed by atoms with Crippen LogP contribution in [-0.4, -0.2) is 36.7 Å².